The average molecular weight is 283 g/mol. The lowest BCUT2D eigenvalue weighted by atomic mass is 9.97. The van der Waals surface area contributed by atoms with Gasteiger partial charge in [0.15, 0.2) is 0 Å². The van der Waals surface area contributed by atoms with Crippen LogP contribution in [0.1, 0.15) is 28.9 Å². The van der Waals surface area contributed by atoms with E-state index in [9.17, 15) is 0 Å². The Balaban J connectivity index is 2.24. The number of rotatable bonds is 5. The van der Waals surface area contributed by atoms with E-state index < -0.39 is 0 Å². The molecule has 0 radical (unpaired) electrons. The number of likely N-dealkylation sites (tertiary alicyclic amines) is 1. The molecule has 1 fully saturated rings. The molecule has 0 aromatic carbocycles. The van der Waals surface area contributed by atoms with Crippen LogP contribution in [0.15, 0.2) is 0 Å². The van der Waals surface area contributed by atoms with Crippen molar-refractivity contribution in [1.29, 1.82) is 0 Å². The summed E-state index contributed by atoms with van der Waals surface area (Å²) in [6, 6.07) is 0.583. The van der Waals surface area contributed by atoms with Crippen molar-refractivity contribution in [3.05, 3.63) is 15.6 Å². The van der Waals surface area contributed by atoms with E-state index in [0.29, 0.717) is 6.04 Å². The second kappa shape index (κ2) is 5.87. The molecule has 2 unspecified atom stereocenters. The van der Waals surface area contributed by atoms with E-state index in [4.69, 9.17) is 9.72 Å². The first-order valence-corrected chi connectivity index (χ1v) is 7.69. The fraction of sp³-hybridized carbons (Fsp3) is 0.786. The highest BCUT2D eigenvalue weighted by molar-refractivity contribution is 7.11. The van der Waals surface area contributed by atoms with Gasteiger partial charge in [-0.15, -0.1) is 11.3 Å². The summed E-state index contributed by atoms with van der Waals surface area (Å²) in [5.41, 5.74) is 1.16. The molecule has 0 saturated carbocycles. The Bertz CT molecular complexity index is 403. The fourth-order valence-electron chi connectivity index (χ4n) is 2.73. The highest BCUT2D eigenvalue weighted by atomic mass is 32.1. The summed E-state index contributed by atoms with van der Waals surface area (Å²) in [6.45, 7) is 9.16. The predicted molar refractivity (Wildman–Crippen MR) is 79.9 cm³/mol. The lowest BCUT2D eigenvalue weighted by Gasteiger charge is -2.28. The van der Waals surface area contributed by atoms with Gasteiger partial charge in [-0.25, -0.2) is 4.98 Å². The lowest BCUT2D eigenvalue weighted by Crippen LogP contribution is -2.45. The van der Waals surface area contributed by atoms with Crippen molar-refractivity contribution >= 4 is 11.3 Å². The molecule has 1 aliphatic rings. The number of aryl methyl sites for hydroxylation is 2. The van der Waals surface area contributed by atoms with Crippen LogP contribution >= 0.6 is 11.3 Å². The van der Waals surface area contributed by atoms with Crippen LogP contribution < -0.4 is 5.32 Å². The summed E-state index contributed by atoms with van der Waals surface area (Å²) < 4.78 is 5.17. The van der Waals surface area contributed by atoms with Crippen molar-refractivity contribution < 1.29 is 4.74 Å². The van der Waals surface area contributed by atoms with E-state index in [-0.39, 0.29) is 5.54 Å². The highest BCUT2D eigenvalue weighted by Crippen LogP contribution is 2.37. The minimum atomic E-state index is -0.00359. The summed E-state index contributed by atoms with van der Waals surface area (Å²) >= 11 is 1.83. The van der Waals surface area contributed by atoms with Crippen molar-refractivity contribution in [2.75, 3.05) is 33.9 Å². The molecule has 0 amide bonds. The number of nitrogens with zero attached hydrogens (tertiary/aromatic N) is 2. The Labute approximate surface area is 120 Å². The summed E-state index contributed by atoms with van der Waals surface area (Å²) in [5, 5.41) is 4.93. The van der Waals surface area contributed by atoms with E-state index in [1.54, 1.807) is 7.11 Å². The molecule has 2 atom stereocenters. The van der Waals surface area contributed by atoms with Crippen LogP contribution in [-0.4, -0.2) is 49.8 Å². The summed E-state index contributed by atoms with van der Waals surface area (Å²) in [6.07, 6.45) is 1.11. The summed E-state index contributed by atoms with van der Waals surface area (Å²) in [5.74, 6) is 0. The third kappa shape index (κ3) is 2.99. The van der Waals surface area contributed by atoms with Crippen LogP contribution in [0.25, 0.3) is 0 Å². The minimum absolute atomic E-state index is 0.00359. The predicted octanol–water partition coefficient (Wildman–Crippen LogP) is 1.92. The monoisotopic (exact) mass is 283 g/mol. The minimum Gasteiger partial charge on any atom is -0.383 e. The third-order valence-electron chi connectivity index (χ3n) is 4.12. The maximum absolute atomic E-state index is 5.17. The standard InChI is InChI=1S/C14H25N3OS/c1-10-8-14(9-17(10)4,15-6-7-18-5)13-16-11(2)12(3)19-13/h10,15H,6-9H2,1-5H3. The number of hydrogen-bond acceptors (Lipinski definition) is 5. The van der Waals surface area contributed by atoms with Gasteiger partial charge in [-0.3, -0.25) is 0 Å². The van der Waals surface area contributed by atoms with Crippen LogP contribution in [-0.2, 0) is 10.3 Å². The number of likely N-dealkylation sites (N-methyl/N-ethyl adjacent to an activating group) is 1. The molecule has 19 heavy (non-hydrogen) atoms. The Morgan fingerprint density at radius 3 is 2.74 bits per heavy atom. The van der Waals surface area contributed by atoms with Gasteiger partial charge < -0.3 is 15.0 Å². The molecule has 2 heterocycles. The van der Waals surface area contributed by atoms with E-state index in [2.05, 4.69) is 38.0 Å². The number of thiazole rings is 1. The van der Waals surface area contributed by atoms with Crippen LogP contribution in [0, 0.1) is 13.8 Å². The van der Waals surface area contributed by atoms with Crippen LogP contribution in [0.4, 0.5) is 0 Å². The molecule has 1 saturated heterocycles. The zero-order valence-electron chi connectivity index (χ0n) is 12.6. The van der Waals surface area contributed by atoms with Crippen LogP contribution in [0.5, 0.6) is 0 Å². The number of aromatic nitrogens is 1. The quantitative estimate of drug-likeness (QED) is 0.838. The summed E-state index contributed by atoms with van der Waals surface area (Å²) in [4.78, 5) is 8.53. The highest BCUT2D eigenvalue weighted by Gasteiger charge is 2.44. The smallest absolute Gasteiger partial charge is 0.115 e. The topological polar surface area (TPSA) is 37.4 Å². The maximum Gasteiger partial charge on any atom is 0.115 e. The number of nitrogens with one attached hydrogen (secondary N) is 1. The molecule has 2 rings (SSSR count). The zero-order chi connectivity index (χ0) is 14.0. The van der Waals surface area contributed by atoms with Gasteiger partial charge >= 0.3 is 0 Å². The Morgan fingerprint density at radius 1 is 1.53 bits per heavy atom. The molecule has 1 aliphatic heterocycles. The van der Waals surface area contributed by atoms with E-state index in [1.807, 2.05) is 11.3 Å². The number of methoxy groups -OCH3 is 1. The normalized spacial score (nSPS) is 28.2. The van der Waals surface area contributed by atoms with Crippen LogP contribution in [0.3, 0.4) is 0 Å². The van der Waals surface area contributed by atoms with Crippen LogP contribution in [0.2, 0.25) is 0 Å². The van der Waals surface area contributed by atoms with Gasteiger partial charge in [-0.05, 0) is 34.2 Å². The Kier molecular flexibility index (Phi) is 4.61. The Morgan fingerprint density at radius 2 is 2.26 bits per heavy atom. The van der Waals surface area contributed by atoms with Gasteiger partial charge in [0.2, 0.25) is 0 Å². The number of ether oxygens (including phenoxy) is 1. The molecule has 0 spiro atoms. The molecule has 1 aromatic heterocycles. The number of hydrogen-bond donors (Lipinski definition) is 1. The van der Waals surface area contributed by atoms with Crippen molar-refractivity contribution in [2.24, 2.45) is 0 Å². The zero-order valence-corrected chi connectivity index (χ0v) is 13.4. The van der Waals surface area contributed by atoms with Gasteiger partial charge in [0.1, 0.15) is 5.01 Å². The van der Waals surface area contributed by atoms with Crippen molar-refractivity contribution in [3.63, 3.8) is 0 Å². The van der Waals surface area contributed by atoms with E-state index in [0.717, 1.165) is 31.8 Å². The average Bonchev–Trinajstić information content (AvgIpc) is 2.83. The van der Waals surface area contributed by atoms with Gasteiger partial charge in [-0.1, -0.05) is 0 Å². The first-order chi connectivity index (χ1) is 8.98. The molecule has 5 heteroatoms. The first kappa shape index (κ1) is 14.9. The molecule has 4 nitrogen and oxygen atoms in total. The summed E-state index contributed by atoms with van der Waals surface area (Å²) in [7, 11) is 3.94. The third-order valence-corrected chi connectivity index (χ3v) is 5.40. The van der Waals surface area contributed by atoms with Gasteiger partial charge in [0.05, 0.1) is 17.8 Å². The second-order valence-electron chi connectivity index (χ2n) is 5.63. The van der Waals surface area contributed by atoms with Crippen molar-refractivity contribution in [3.8, 4) is 0 Å². The first-order valence-electron chi connectivity index (χ1n) is 6.87. The molecular weight excluding hydrogens is 258 g/mol. The van der Waals surface area contributed by atoms with Crippen molar-refractivity contribution in [2.45, 2.75) is 38.8 Å². The lowest BCUT2D eigenvalue weighted by molar-refractivity contribution is 0.183. The molecule has 1 aromatic rings. The van der Waals surface area contributed by atoms with Gasteiger partial charge in [-0.2, -0.15) is 0 Å². The fourth-order valence-corrected chi connectivity index (χ4v) is 3.82. The second-order valence-corrected chi connectivity index (χ2v) is 6.83. The molecular formula is C14H25N3OS. The molecule has 0 aliphatic carbocycles. The Hall–Kier alpha value is -0.490. The molecule has 0 bridgehead atoms. The van der Waals surface area contributed by atoms with E-state index in [1.165, 1.54) is 9.88 Å². The molecule has 108 valence electrons. The van der Waals surface area contributed by atoms with Gasteiger partial charge in [0.25, 0.3) is 0 Å². The van der Waals surface area contributed by atoms with Crippen molar-refractivity contribution in [1.82, 2.24) is 15.2 Å². The van der Waals surface area contributed by atoms with Gasteiger partial charge in [0, 0.05) is 31.1 Å². The maximum atomic E-state index is 5.17. The molecule has 1 N–H and O–H groups in total. The largest absolute Gasteiger partial charge is 0.383 e. The SMILES string of the molecule is COCCNC1(c2nc(C)c(C)s2)CC(C)N(C)C1. The van der Waals surface area contributed by atoms with E-state index >= 15 is 0 Å².